The summed E-state index contributed by atoms with van der Waals surface area (Å²) in [6.07, 6.45) is 9.42. The lowest BCUT2D eigenvalue weighted by molar-refractivity contribution is -0.0181. The molecule has 3 heteroatoms. The van der Waals surface area contributed by atoms with Gasteiger partial charge in [0.25, 0.3) is 0 Å². The molecule has 2 rings (SSSR count). The van der Waals surface area contributed by atoms with Gasteiger partial charge in [-0.3, -0.25) is 4.90 Å². The van der Waals surface area contributed by atoms with E-state index in [0.717, 1.165) is 25.8 Å². The van der Waals surface area contributed by atoms with E-state index < -0.39 is 0 Å². The normalized spacial score (nSPS) is 27.6. The summed E-state index contributed by atoms with van der Waals surface area (Å²) < 4.78 is 5.62. The summed E-state index contributed by atoms with van der Waals surface area (Å²) in [5.41, 5.74) is 0.456. The van der Waals surface area contributed by atoms with Crippen molar-refractivity contribution in [1.82, 2.24) is 10.2 Å². The van der Waals surface area contributed by atoms with E-state index in [2.05, 4.69) is 24.1 Å². The highest BCUT2D eigenvalue weighted by molar-refractivity contribution is 4.90. The zero-order valence-corrected chi connectivity index (χ0v) is 13.6. The minimum Gasteiger partial charge on any atom is -0.381 e. The quantitative estimate of drug-likeness (QED) is 0.777. The van der Waals surface area contributed by atoms with E-state index in [0.29, 0.717) is 5.41 Å². The van der Waals surface area contributed by atoms with Crippen LogP contribution < -0.4 is 5.32 Å². The first-order chi connectivity index (χ1) is 9.79. The average molecular weight is 282 g/mol. The Morgan fingerprint density at radius 3 is 2.70 bits per heavy atom. The van der Waals surface area contributed by atoms with Gasteiger partial charge in [-0.15, -0.1) is 0 Å². The minimum absolute atomic E-state index is 0.456. The molecule has 2 aliphatic rings. The standard InChI is InChI=1S/C17H34N2O/c1-3-7-16-8-5-6-11-19(16)15-17(14-18-4-2)9-12-20-13-10-17/h16,18H,3-15H2,1-2H3. The van der Waals surface area contributed by atoms with Crippen LogP contribution in [0.25, 0.3) is 0 Å². The lowest BCUT2D eigenvalue weighted by Crippen LogP contribution is -2.51. The van der Waals surface area contributed by atoms with Gasteiger partial charge in [-0.1, -0.05) is 26.7 Å². The van der Waals surface area contributed by atoms with Crippen LogP contribution in [0.4, 0.5) is 0 Å². The molecule has 3 nitrogen and oxygen atoms in total. The third kappa shape index (κ3) is 4.44. The van der Waals surface area contributed by atoms with Gasteiger partial charge in [0, 0.05) is 32.3 Å². The fourth-order valence-corrected chi connectivity index (χ4v) is 3.94. The van der Waals surface area contributed by atoms with Crippen molar-refractivity contribution in [1.29, 1.82) is 0 Å². The van der Waals surface area contributed by atoms with Crippen molar-refractivity contribution in [3.05, 3.63) is 0 Å². The summed E-state index contributed by atoms with van der Waals surface area (Å²) >= 11 is 0. The van der Waals surface area contributed by atoms with Crippen LogP contribution in [0.15, 0.2) is 0 Å². The predicted octanol–water partition coefficient (Wildman–Crippen LogP) is 3.05. The largest absolute Gasteiger partial charge is 0.381 e. The van der Waals surface area contributed by atoms with E-state index in [1.807, 2.05) is 0 Å². The molecule has 1 N–H and O–H groups in total. The molecule has 1 unspecified atom stereocenters. The molecule has 0 bridgehead atoms. The lowest BCUT2D eigenvalue weighted by Gasteiger charge is -2.45. The molecule has 2 fully saturated rings. The second-order valence-electron chi connectivity index (χ2n) is 6.80. The van der Waals surface area contributed by atoms with E-state index in [1.54, 1.807) is 0 Å². The molecule has 0 aromatic rings. The van der Waals surface area contributed by atoms with E-state index in [4.69, 9.17) is 4.74 Å². The summed E-state index contributed by atoms with van der Waals surface area (Å²) in [5.74, 6) is 0. The molecule has 0 radical (unpaired) electrons. The molecule has 20 heavy (non-hydrogen) atoms. The Hall–Kier alpha value is -0.120. The van der Waals surface area contributed by atoms with Crippen LogP contribution in [0.2, 0.25) is 0 Å². The molecule has 2 saturated heterocycles. The topological polar surface area (TPSA) is 24.5 Å². The van der Waals surface area contributed by atoms with Gasteiger partial charge in [0.05, 0.1) is 0 Å². The summed E-state index contributed by atoms with van der Waals surface area (Å²) in [6.45, 7) is 11.3. The molecule has 1 atom stereocenters. The van der Waals surface area contributed by atoms with E-state index >= 15 is 0 Å². The molecular weight excluding hydrogens is 248 g/mol. The van der Waals surface area contributed by atoms with Gasteiger partial charge < -0.3 is 10.1 Å². The Labute approximate surface area is 125 Å². The summed E-state index contributed by atoms with van der Waals surface area (Å²) in [6, 6.07) is 0.843. The highest BCUT2D eigenvalue weighted by Gasteiger charge is 2.36. The zero-order valence-electron chi connectivity index (χ0n) is 13.6. The van der Waals surface area contributed by atoms with Gasteiger partial charge in [0.2, 0.25) is 0 Å². The summed E-state index contributed by atoms with van der Waals surface area (Å²) in [4.78, 5) is 2.82. The van der Waals surface area contributed by atoms with Crippen LogP contribution in [0.5, 0.6) is 0 Å². The van der Waals surface area contributed by atoms with Gasteiger partial charge >= 0.3 is 0 Å². The number of hydrogen-bond donors (Lipinski definition) is 1. The number of hydrogen-bond acceptors (Lipinski definition) is 3. The molecule has 0 saturated carbocycles. The number of piperidine rings is 1. The van der Waals surface area contributed by atoms with Crippen LogP contribution in [0.3, 0.4) is 0 Å². The Morgan fingerprint density at radius 1 is 1.20 bits per heavy atom. The Bertz CT molecular complexity index is 262. The highest BCUT2D eigenvalue weighted by atomic mass is 16.5. The molecule has 2 heterocycles. The van der Waals surface area contributed by atoms with Crippen molar-refractivity contribution in [3.8, 4) is 0 Å². The summed E-state index contributed by atoms with van der Waals surface area (Å²) in [7, 11) is 0. The molecule has 118 valence electrons. The lowest BCUT2D eigenvalue weighted by atomic mass is 9.78. The monoisotopic (exact) mass is 282 g/mol. The third-order valence-electron chi connectivity index (χ3n) is 5.21. The maximum atomic E-state index is 5.62. The number of likely N-dealkylation sites (tertiary alicyclic amines) is 1. The van der Waals surface area contributed by atoms with Crippen LogP contribution in [-0.2, 0) is 4.74 Å². The molecule has 2 aliphatic heterocycles. The van der Waals surface area contributed by atoms with Gasteiger partial charge in [-0.25, -0.2) is 0 Å². The molecule has 0 amide bonds. The van der Waals surface area contributed by atoms with Crippen molar-refractivity contribution in [2.45, 2.75) is 64.8 Å². The van der Waals surface area contributed by atoms with Gasteiger partial charge in [-0.05, 0) is 50.6 Å². The van der Waals surface area contributed by atoms with E-state index in [1.165, 1.54) is 64.6 Å². The Balaban J connectivity index is 1.97. The number of rotatable bonds is 7. The van der Waals surface area contributed by atoms with Gasteiger partial charge in [0.15, 0.2) is 0 Å². The number of nitrogens with zero attached hydrogens (tertiary/aromatic N) is 1. The van der Waals surface area contributed by atoms with Crippen molar-refractivity contribution in [2.75, 3.05) is 39.4 Å². The minimum atomic E-state index is 0.456. The first-order valence-corrected chi connectivity index (χ1v) is 8.82. The highest BCUT2D eigenvalue weighted by Crippen LogP contribution is 2.33. The van der Waals surface area contributed by atoms with Gasteiger partial charge in [-0.2, -0.15) is 0 Å². The maximum absolute atomic E-state index is 5.62. The van der Waals surface area contributed by atoms with Crippen LogP contribution in [-0.4, -0.2) is 50.3 Å². The van der Waals surface area contributed by atoms with Crippen LogP contribution in [0.1, 0.15) is 58.8 Å². The number of nitrogens with one attached hydrogen (secondary N) is 1. The molecule has 0 aliphatic carbocycles. The van der Waals surface area contributed by atoms with E-state index in [-0.39, 0.29) is 0 Å². The van der Waals surface area contributed by atoms with Crippen LogP contribution in [0, 0.1) is 5.41 Å². The first kappa shape index (κ1) is 16.3. The van der Waals surface area contributed by atoms with Crippen LogP contribution >= 0.6 is 0 Å². The summed E-state index contributed by atoms with van der Waals surface area (Å²) in [5, 5.41) is 3.61. The zero-order chi connectivity index (χ0) is 14.3. The molecule has 0 aromatic heterocycles. The third-order valence-corrected chi connectivity index (χ3v) is 5.21. The Kier molecular flexibility index (Phi) is 6.79. The first-order valence-electron chi connectivity index (χ1n) is 8.82. The number of ether oxygens (including phenoxy) is 1. The molecule has 0 aromatic carbocycles. The van der Waals surface area contributed by atoms with Crippen molar-refractivity contribution < 1.29 is 4.74 Å². The second kappa shape index (κ2) is 8.35. The molecular formula is C17H34N2O. The van der Waals surface area contributed by atoms with Gasteiger partial charge in [0.1, 0.15) is 0 Å². The second-order valence-corrected chi connectivity index (χ2v) is 6.80. The van der Waals surface area contributed by atoms with Crippen molar-refractivity contribution in [3.63, 3.8) is 0 Å². The van der Waals surface area contributed by atoms with Crippen molar-refractivity contribution >= 4 is 0 Å². The van der Waals surface area contributed by atoms with Crippen molar-refractivity contribution in [2.24, 2.45) is 5.41 Å². The Morgan fingerprint density at radius 2 is 2.00 bits per heavy atom. The molecule has 0 spiro atoms. The smallest absolute Gasteiger partial charge is 0.0472 e. The average Bonchev–Trinajstić information content (AvgIpc) is 2.49. The fourth-order valence-electron chi connectivity index (χ4n) is 3.94. The van der Waals surface area contributed by atoms with E-state index in [9.17, 15) is 0 Å². The predicted molar refractivity (Wildman–Crippen MR) is 85.1 cm³/mol. The fraction of sp³-hybridized carbons (Fsp3) is 1.00. The SMILES string of the molecule is CCCC1CCCCN1CC1(CNCC)CCOCC1. The maximum Gasteiger partial charge on any atom is 0.0472 e.